The van der Waals surface area contributed by atoms with Gasteiger partial charge in [0.1, 0.15) is 0 Å². The van der Waals surface area contributed by atoms with Crippen LogP contribution < -0.4 is 0 Å². The third-order valence-electron chi connectivity index (χ3n) is 2.76. The highest BCUT2D eigenvalue weighted by atomic mass is 35.5. The van der Waals surface area contributed by atoms with E-state index < -0.39 is 15.6 Å². The lowest BCUT2D eigenvalue weighted by molar-refractivity contribution is 0.269. The van der Waals surface area contributed by atoms with Crippen LogP contribution in [0.15, 0.2) is 29.3 Å². The maximum Gasteiger partial charge on any atom is 0.263 e. The second-order valence-corrected chi connectivity index (χ2v) is 8.27. The van der Waals surface area contributed by atoms with Gasteiger partial charge in [0, 0.05) is 23.7 Å². The maximum absolute atomic E-state index is 12.9. The lowest BCUT2D eigenvalue weighted by atomic mass is 10.1. The van der Waals surface area contributed by atoms with Gasteiger partial charge in [0.15, 0.2) is 15.1 Å². The van der Waals surface area contributed by atoms with Crippen LogP contribution in [0.3, 0.4) is 0 Å². The SMILES string of the molecule is C=CCN(C(C)(C)C)S(=O)(=O)c1c(Cl)nc2sccn12. The molecule has 0 saturated heterocycles. The molecule has 0 spiro atoms. The van der Waals surface area contributed by atoms with Gasteiger partial charge in [0.25, 0.3) is 10.0 Å². The Balaban J connectivity index is 2.67. The van der Waals surface area contributed by atoms with Crippen LogP contribution in [0.5, 0.6) is 0 Å². The highest BCUT2D eigenvalue weighted by molar-refractivity contribution is 7.89. The Kier molecular flexibility index (Phi) is 3.98. The van der Waals surface area contributed by atoms with Gasteiger partial charge in [-0.25, -0.2) is 13.4 Å². The Hall–Kier alpha value is -0.890. The zero-order chi connectivity index (χ0) is 15.1. The van der Waals surface area contributed by atoms with Gasteiger partial charge in [-0.05, 0) is 20.8 Å². The molecule has 2 heterocycles. The summed E-state index contributed by atoms with van der Waals surface area (Å²) in [5.74, 6) is 0. The molecule has 20 heavy (non-hydrogen) atoms. The average Bonchev–Trinajstić information content (AvgIpc) is 2.82. The Labute approximate surface area is 127 Å². The quantitative estimate of drug-likeness (QED) is 0.808. The minimum atomic E-state index is -3.77. The van der Waals surface area contributed by atoms with E-state index in [-0.39, 0.29) is 16.7 Å². The topological polar surface area (TPSA) is 54.7 Å². The van der Waals surface area contributed by atoms with Gasteiger partial charge in [-0.1, -0.05) is 17.7 Å². The van der Waals surface area contributed by atoms with Crippen molar-refractivity contribution in [3.63, 3.8) is 0 Å². The van der Waals surface area contributed by atoms with Crippen molar-refractivity contribution in [3.05, 3.63) is 29.4 Å². The number of nitrogens with zero attached hydrogens (tertiary/aromatic N) is 3. The fourth-order valence-electron chi connectivity index (χ4n) is 1.92. The van der Waals surface area contributed by atoms with E-state index in [1.54, 1.807) is 17.7 Å². The van der Waals surface area contributed by atoms with Crippen molar-refractivity contribution in [1.29, 1.82) is 0 Å². The van der Waals surface area contributed by atoms with Gasteiger partial charge in [0.05, 0.1) is 0 Å². The van der Waals surface area contributed by atoms with Crippen LogP contribution >= 0.6 is 22.9 Å². The third-order valence-corrected chi connectivity index (χ3v) is 6.04. The number of aromatic nitrogens is 2. The van der Waals surface area contributed by atoms with E-state index in [0.717, 1.165) is 0 Å². The zero-order valence-corrected chi connectivity index (χ0v) is 13.9. The molecule has 0 atom stereocenters. The first-order valence-electron chi connectivity index (χ1n) is 5.94. The van der Waals surface area contributed by atoms with E-state index >= 15 is 0 Å². The molecule has 2 aromatic rings. The number of fused-ring (bicyclic) bond motifs is 1. The first kappa shape index (κ1) is 15.5. The van der Waals surface area contributed by atoms with Crippen molar-refractivity contribution in [3.8, 4) is 0 Å². The standard InChI is InChI=1S/C12H16ClN3O2S2/c1-5-6-16(12(2,3)4)20(17,18)10-9(13)14-11-15(10)7-8-19-11/h5,7-8H,1,6H2,2-4H3. The fraction of sp³-hybridized carbons (Fsp3) is 0.417. The molecule has 5 nitrogen and oxygen atoms in total. The minimum absolute atomic E-state index is 0.00448. The largest absolute Gasteiger partial charge is 0.279 e. The van der Waals surface area contributed by atoms with Crippen LogP contribution in [0, 0.1) is 0 Å². The molecule has 0 N–H and O–H groups in total. The summed E-state index contributed by atoms with van der Waals surface area (Å²) in [5.41, 5.74) is -0.587. The molecule has 0 bridgehead atoms. The highest BCUT2D eigenvalue weighted by Gasteiger charge is 2.37. The highest BCUT2D eigenvalue weighted by Crippen LogP contribution is 2.31. The second-order valence-electron chi connectivity index (χ2n) is 5.26. The van der Waals surface area contributed by atoms with E-state index in [0.29, 0.717) is 4.96 Å². The summed E-state index contributed by atoms with van der Waals surface area (Å²) in [6, 6.07) is 0. The Bertz CT molecular complexity index is 740. The summed E-state index contributed by atoms with van der Waals surface area (Å²) < 4.78 is 28.7. The smallest absolute Gasteiger partial charge is 0.263 e. The molecule has 2 rings (SSSR count). The van der Waals surface area contributed by atoms with E-state index in [4.69, 9.17) is 11.6 Å². The van der Waals surface area contributed by atoms with Gasteiger partial charge in [-0.2, -0.15) is 4.31 Å². The van der Waals surface area contributed by atoms with Gasteiger partial charge in [0.2, 0.25) is 0 Å². The molecule has 0 aromatic carbocycles. The first-order valence-corrected chi connectivity index (χ1v) is 8.64. The summed E-state index contributed by atoms with van der Waals surface area (Å²) >= 11 is 7.37. The van der Waals surface area contributed by atoms with Crippen LogP contribution in [0.25, 0.3) is 4.96 Å². The lowest BCUT2D eigenvalue weighted by Gasteiger charge is -2.33. The van der Waals surface area contributed by atoms with Crippen molar-refractivity contribution in [2.24, 2.45) is 0 Å². The van der Waals surface area contributed by atoms with E-state index in [1.165, 1.54) is 20.0 Å². The Morgan fingerprint density at radius 3 is 2.75 bits per heavy atom. The number of imidazole rings is 1. The maximum atomic E-state index is 12.9. The predicted molar refractivity (Wildman–Crippen MR) is 81.9 cm³/mol. The molecule has 2 aromatic heterocycles. The molecular formula is C12H16ClN3O2S2. The van der Waals surface area contributed by atoms with E-state index in [9.17, 15) is 8.42 Å². The first-order chi connectivity index (χ1) is 9.19. The fourth-order valence-corrected chi connectivity index (χ4v) is 5.09. The molecule has 0 fully saturated rings. The lowest BCUT2D eigenvalue weighted by Crippen LogP contribution is -2.45. The van der Waals surface area contributed by atoms with Crippen LogP contribution in [-0.4, -0.2) is 34.2 Å². The Morgan fingerprint density at radius 1 is 1.55 bits per heavy atom. The normalized spacial score (nSPS) is 13.2. The summed E-state index contributed by atoms with van der Waals surface area (Å²) in [4.78, 5) is 4.64. The van der Waals surface area contributed by atoms with Crippen LogP contribution in [0.1, 0.15) is 20.8 Å². The zero-order valence-electron chi connectivity index (χ0n) is 11.5. The van der Waals surface area contributed by atoms with Gasteiger partial charge in [-0.15, -0.1) is 17.9 Å². The molecule has 0 amide bonds. The molecule has 0 radical (unpaired) electrons. The van der Waals surface area contributed by atoms with Crippen molar-refractivity contribution >= 4 is 37.9 Å². The molecule has 8 heteroatoms. The van der Waals surface area contributed by atoms with Gasteiger partial charge in [-0.3, -0.25) is 4.40 Å². The number of sulfonamides is 1. The number of rotatable bonds is 4. The van der Waals surface area contributed by atoms with Crippen molar-refractivity contribution in [2.75, 3.05) is 6.54 Å². The summed E-state index contributed by atoms with van der Waals surface area (Å²) in [6.07, 6.45) is 3.21. The summed E-state index contributed by atoms with van der Waals surface area (Å²) in [5, 5.41) is 1.77. The van der Waals surface area contributed by atoms with Gasteiger partial charge < -0.3 is 0 Å². The van der Waals surface area contributed by atoms with Crippen LogP contribution in [0.4, 0.5) is 0 Å². The van der Waals surface area contributed by atoms with Crippen molar-refractivity contribution in [2.45, 2.75) is 31.3 Å². The molecule has 0 unspecified atom stereocenters. The third kappa shape index (κ3) is 2.50. The predicted octanol–water partition coefficient (Wildman–Crippen LogP) is 3.02. The number of hydrogen-bond donors (Lipinski definition) is 0. The van der Waals surface area contributed by atoms with Crippen molar-refractivity contribution < 1.29 is 8.42 Å². The summed E-state index contributed by atoms with van der Waals surface area (Å²) in [7, 11) is -3.77. The Morgan fingerprint density at radius 2 is 2.20 bits per heavy atom. The molecule has 110 valence electrons. The number of halogens is 1. The summed E-state index contributed by atoms with van der Waals surface area (Å²) in [6.45, 7) is 9.31. The monoisotopic (exact) mass is 333 g/mol. The second kappa shape index (κ2) is 5.14. The van der Waals surface area contributed by atoms with E-state index in [2.05, 4.69) is 11.6 Å². The molecular weight excluding hydrogens is 318 g/mol. The number of thiazole rings is 1. The van der Waals surface area contributed by atoms with Crippen molar-refractivity contribution in [1.82, 2.24) is 13.7 Å². The van der Waals surface area contributed by atoms with Crippen LogP contribution in [-0.2, 0) is 10.0 Å². The van der Waals surface area contributed by atoms with E-state index in [1.807, 2.05) is 20.8 Å². The average molecular weight is 334 g/mol. The van der Waals surface area contributed by atoms with Crippen LogP contribution in [0.2, 0.25) is 5.15 Å². The van der Waals surface area contributed by atoms with Gasteiger partial charge >= 0.3 is 0 Å². The molecule has 0 aliphatic heterocycles. The molecule has 0 saturated carbocycles. The minimum Gasteiger partial charge on any atom is -0.279 e. The molecule has 0 aliphatic carbocycles. The number of hydrogen-bond acceptors (Lipinski definition) is 4. The molecule has 0 aliphatic rings.